The van der Waals surface area contributed by atoms with E-state index in [1.807, 2.05) is 0 Å². The lowest BCUT2D eigenvalue weighted by Gasteiger charge is -2.32. The van der Waals surface area contributed by atoms with E-state index in [0.717, 1.165) is 51.4 Å². The summed E-state index contributed by atoms with van der Waals surface area (Å²) >= 11 is 0. The number of guanidine groups is 1. The van der Waals surface area contributed by atoms with Crippen molar-refractivity contribution in [1.82, 2.24) is 56.4 Å². The number of unbranched alkanes of at least 4 members (excludes halogenated alkanes) is 8. The molecule has 31 heteroatoms. The fourth-order valence-corrected chi connectivity index (χ4v) is 9.90. The Morgan fingerprint density at radius 2 is 1.08 bits per heavy atom. The van der Waals surface area contributed by atoms with E-state index in [9.17, 15) is 83.4 Å². The molecule has 31 nitrogen and oxygen atoms in total. The van der Waals surface area contributed by atoms with Crippen molar-refractivity contribution in [2.75, 3.05) is 111 Å². The van der Waals surface area contributed by atoms with Gasteiger partial charge in [-0.05, 0) is 63.1 Å². The van der Waals surface area contributed by atoms with Crippen LogP contribution in [0.25, 0.3) is 0 Å². The number of aromatic hydroxyl groups is 1. The van der Waals surface area contributed by atoms with Gasteiger partial charge in [0.1, 0.15) is 36.0 Å². The smallest absolute Gasteiger partial charge is 0.326 e. The highest BCUT2D eigenvalue weighted by molar-refractivity contribution is 5.96. The minimum Gasteiger partial charge on any atom is -0.508 e. The molecule has 0 radical (unpaired) electrons. The van der Waals surface area contributed by atoms with Gasteiger partial charge in [0.2, 0.25) is 41.4 Å². The summed E-state index contributed by atoms with van der Waals surface area (Å²) in [5, 5.41) is 73.5. The molecule has 2 heterocycles. The van der Waals surface area contributed by atoms with Crippen molar-refractivity contribution in [3.63, 3.8) is 0 Å². The molecule has 2 fully saturated rings. The van der Waals surface area contributed by atoms with E-state index >= 15 is 0 Å². The van der Waals surface area contributed by atoms with Crippen molar-refractivity contribution < 1.29 is 83.4 Å². The van der Waals surface area contributed by atoms with Crippen molar-refractivity contribution >= 4 is 71.2 Å². The number of nitrogens with one attached hydrogen (secondary N) is 6. The first-order chi connectivity index (χ1) is 41.4. The van der Waals surface area contributed by atoms with Gasteiger partial charge in [-0.15, -0.1) is 0 Å². The average Bonchev–Trinajstić information content (AvgIpc) is 4.19. The largest absolute Gasteiger partial charge is 0.508 e. The minimum absolute atomic E-state index is 0.0172. The Kier molecular flexibility index (Phi) is 34.3. The predicted molar refractivity (Wildman–Crippen MR) is 315 cm³/mol. The summed E-state index contributed by atoms with van der Waals surface area (Å²) in [7, 11) is 0. The van der Waals surface area contributed by atoms with E-state index in [2.05, 4.69) is 36.9 Å². The summed E-state index contributed by atoms with van der Waals surface area (Å²) < 4.78 is 0. The van der Waals surface area contributed by atoms with Gasteiger partial charge in [-0.2, -0.15) is 0 Å². The average molecular weight is 1230 g/mol. The van der Waals surface area contributed by atoms with E-state index in [0.29, 0.717) is 24.9 Å². The Balaban J connectivity index is 1.36. The van der Waals surface area contributed by atoms with Gasteiger partial charge >= 0.3 is 23.9 Å². The van der Waals surface area contributed by atoms with Crippen LogP contribution in [0.2, 0.25) is 0 Å². The van der Waals surface area contributed by atoms with Crippen LogP contribution in [0, 0.1) is 0 Å². The molecule has 0 bridgehead atoms. The number of benzene rings is 1. The number of carbonyl (C=O) groups is 11. The minimum atomic E-state index is -1.50. The topological polar surface area (TPSA) is 462 Å². The van der Waals surface area contributed by atoms with Crippen LogP contribution in [-0.2, 0) is 59.2 Å². The summed E-state index contributed by atoms with van der Waals surface area (Å²) in [4.78, 5) is 151. The van der Waals surface area contributed by atoms with Crippen LogP contribution < -0.4 is 43.4 Å². The number of aliphatic hydroxyl groups is 1. The summed E-state index contributed by atoms with van der Waals surface area (Å²) in [6, 6.07) is -0.494. The summed E-state index contributed by atoms with van der Waals surface area (Å²) in [6.45, 7) is 1.94. The first-order valence-electron chi connectivity index (χ1n) is 29.7. The fourth-order valence-electron chi connectivity index (χ4n) is 9.90. The zero-order valence-corrected chi connectivity index (χ0v) is 49.8. The number of rotatable bonds is 38. The number of amides is 7. The Morgan fingerprint density at radius 1 is 0.575 bits per heavy atom. The molecule has 2 saturated heterocycles. The molecule has 16 N–H and O–H groups in total. The Morgan fingerprint density at radius 3 is 1.59 bits per heavy atom. The molecule has 2 aliphatic rings. The molecule has 2 aliphatic heterocycles. The van der Waals surface area contributed by atoms with Gasteiger partial charge in [-0.1, -0.05) is 57.1 Å². The van der Waals surface area contributed by atoms with Crippen molar-refractivity contribution in [2.24, 2.45) is 16.5 Å². The standard InChI is InChI=1S/C56H92N14O17/c1-38(51(82)64-42(55(86)87)31-39-16-18-40(72)19-17-39)62-53(84)44-14-12-22-70(44)54(85)43(37-71)65-52(83)41(13-11-21-60-56(57)58)63-45(73)15-9-7-5-3-2-4-6-8-10-20-59-46(74)32-61-47(75)33-66-23-25-67(34-48(76)77)27-29-69(36-50(80)81)30-28-68(26-24-66)35-49(78)79/h16-19,38,41-44,71-72H,2-15,20-37H2,1H3,(H,59,74)(H,61,75)(H,62,84)(H,63,73)(H,64,82)(H,65,83)(H,76,77)(H,78,79)(H,80,81)(H,86,87)(H4,57,58,60)/t38-,41-,42-,43-,44-/m0/s1. The van der Waals surface area contributed by atoms with Crippen molar-refractivity contribution in [2.45, 2.75) is 133 Å². The number of aliphatic imine (C=N–C) groups is 1. The van der Waals surface area contributed by atoms with E-state index in [1.165, 1.54) is 36.1 Å². The van der Waals surface area contributed by atoms with E-state index in [4.69, 9.17) is 11.5 Å². The van der Waals surface area contributed by atoms with Crippen molar-refractivity contribution in [3.05, 3.63) is 29.8 Å². The molecule has 3 rings (SSSR count). The van der Waals surface area contributed by atoms with E-state index in [-0.39, 0.29) is 148 Å². The second-order valence-electron chi connectivity index (χ2n) is 21.8. The maximum Gasteiger partial charge on any atom is 0.326 e. The van der Waals surface area contributed by atoms with Gasteiger partial charge in [0.05, 0.1) is 39.3 Å². The van der Waals surface area contributed by atoms with Crippen LogP contribution in [0.5, 0.6) is 5.75 Å². The second kappa shape index (κ2) is 40.6. The van der Waals surface area contributed by atoms with Gasteiger partial charge in [0, 0.05) is 84.8 Å². The maximum atomic E-state index is 13.8. The third kappa shape index (κ3) is 31.0. The molecule has 5 atom stereocenters. The van der Waals surface area contributed by atoms with Crippen LogP contribution in [0.4, 0.5) is 0 Å². The number of carboxylic acids is 4. The number of nitrogens with zero attached hydrogens (tertiary/aromatic N) is 6. The highest BCUT2D eigenvalue weighted by atomic mass is 16.4. The first-order valence-corrected chi connectivity index (χ1v) is 29.7. The normalized spacial score (nSPS) is 16.9. The van der Waals surface area contributed by atoms with Gasteiger partial charge < -0.3 is 78.9 Å². The number of aliphatic carboxylic acids is 4. The van der Waals surface area contributed by atoms with Gasteiger partial charge in [0.15, 0.2) is 5.96 Å². The lowest BCUT2D eigenvalue weighted by atomic mass is 10.1. The monoisotopic (exact) mass is 1230 g/mol. The highest BCUT2D eigenvalue weighted by Crippen LogP contribution is 2.20. The summed E-state index contributed by atoms with van der Waals surface area (Å²) in [5.74, 6) is -8.91. The zero-order valence-electron chi connectivity index (χ0n) is 49.8. The lowest BCUT2D eigenvalue weighted by molar-refractivity contribution is -0.144. The van der Waals surface area contributed by atoms with Crippen LogP contribution in [0.3, 0.4) is 0 Å². The predicted octanol–water partition coefficient (Wildman–Crippen LogP) is -3.38. The fraction of sp³-hybridized carbons (Fsp3) is 0.679. The number of carboxylic acid groups (broad SMARTS) is 4. The summed E-state index contributed by atoms with van der Waals surface area (Å²) in [5.41, 5.74) is 11.4. The molecule has 0 spiro atoms. The van der Waals surface area contributed by atoms with Crippen LogP contribution in [0.1, 0.15) is 102 Å². The third-order valence-corrected chi connectivity index (χ3v) is 14.7. The second-order valence-corrected chi connectivity index (χ2v) is 21.8. The molecule has 488 valence electrons. The van der Waals surface area contributed by atoms with Crippen molar-refractivity contribution in [1.29, 1.82) is 0 Å². The molecule has 0 aliphatic carbocycles. The number of phenols is 1. The quantitative estimate of drug-likeness (QED) is 0.0175. The number of nitrogens with two attached hydrogens (primary N) is 2. The molecule has 1 aromatic rings. The van der Waals surface area contributed by atoms with Crippen LogP contribution in [0.15, 0.2) is 29.3 Å². The first kappa shape index (κ1) is 73.5. The zero-order chi connectivity index (χ0) is 64.3. The molecule has 1 aromatic carbocycles. The molecule has 87 heavy (non-hydrogen) atoms. The van der Waals surface area contributed by atoms with Gasteiger partial charge in [0.25, 0.3) is 0 Å². The number of hydrogen-bond acceptors (Lipinski definition) is 18. The molecule has 0 unspecified atom stereocenters. The molecule has 7 amide bonds. The van der Waals surface area contributed by atoms with E-state index in [1.54, 1.807) is 19.6 Å². The van der Waals surface area contributed by atoms with Crippen molar-refractivity contribution in [3.8, 4) is 5.75 Å². The summed E-state index contributed by atoms with van der Waals surface area (Å²) in [6.07, 6.45) is 8.52. The Labute approximate surface area is 506 Å². The number of aliphatic hydroxyl groups excluding tert-OH is 1. The maximum absolute atomic E-state index is 13.8. The molecular formula is C56H92N14O17. The Hall–Kier alpha value is -7.74. The van der Waals surface area contributed by atoms with Gasteiger partial charge in [-0.3, -0.25) is 72.5 Å². The number of hydrogen-bond donors (Lipinski definition) is 14. The van der Waals surface area contributed by atoms with Crippen LogP contribution in [-0.4, -0.2) is 268 Å². The number of phenolic OH excluding ortho intramolecular Hbond substituents is 1. The molecule has 0 aromatic heterocycles. The Bertz CT molecular complexity index is 2400. The molecular weight excluding hydrogens is 1140 g/mol. The van der Waals surface area contributed by atoms with E-state index < -0.39 is 96.1 Å². The number of likely N-dealkylation sites (tertiary alicyclic amines) is 1. The van der Waals surface area contributed by atoms with Gasteiger partial charge in [-0.25, -0.2) is 4.79 Å². The molecule has 0 saturated carbocycles. The van der Waals surface area contributed by atoms with Crippen LogP contribution >= 0.6 is 0 Å². The highest BCUT2D eigenvalue weighted by Gasteiger charge is 2.39. The third-order valence-electron chi connectivity index (χ3n) is 14.7. The SMILES string of the molecule is C[C@H](NC(=O)[C@@H]1CCCN1C(=O)[C@H](CO)NC(=O)[C@H](CCCN=C(N)N)NC(=O)CCCCCCCCCCCNC(=O)CNC(=O)CN1CCN(CC(=O)O)CCN(CC(=O)O)CCN(CC(=O)O)CC1)C(=O)N[C@@H](Cc1ccc(O)cc1)C(=O)O. The lowest BCUT2D eigenvalue weighted by Crippen LogP contribution is -2.59. The number of carbonyl (C=O) groups excluding carboxylic acids is 7.